The van der Waals surface area contributed by atoms with Crippen molar-refractivity contribution < 1.29 is 17.3 Å². The Bertz CT molecular complexity index is 1150. The molecule has 4 rings (SSSR count). The Kier molecular flexibility index (Phi) is 5.38. The molecule has 1 atom stereocenters. The van der Waals surface area contributed by atoms with Gasteiger partial charge in [0.05, 0.1) is 4.90 Å². The largest absolute Gasteiger partial charge is 0.487 e. The lowest BCUT2D eigenvalue weighted by molar-refractivity contribution is 0.152. The molecule has 1 aliphatic rings. The standard InChI is InChI=1S/C23H21ClO4S/c1-15-6-9-20(10-7-15)29(25,26)27-14-19-13-17-4-3-5-22(23(17)28-19)21-11-8-18(24)12-16(21)2/h3-12,19H,13-14H2,1-2H3. The highest BCUT2D eigenvalue weighted by Crippen LogP contribution is 2.40. The van der Waals surface area contributed by atoms with Crippen LogP contribution in [0.15, 0.2) is 65.6 Å². The van der Waals surface area contributed by atoms with E-state index in [1.165, 1.54) is 0 Å². The lowest BCUT2D eigenvalue weighted by atomic mass is 9.97. The van der Waals surface area contributed by atoms with Crippen LogP contribution in [0, 0.1) is 13.8 Å². The van der Waals surface area contributed by atoms with Gasteiger partial charge in [-0.05, 0) is 54.8 Å². The molecule has 0 aromatic heterocycles. The van der Waals surface area contributed by atoms with Crippen molar-refractivity contribution in [2.75, 3.05) is 6.61 Å². The van der Waals surface area contributed by atoms with Gasteiger partial charge in [0.1, 0.15) is 18.5 Å². The molecule has 0 amide bonds. The Hall–Kier alpha value is -2.34. The van der Waals surface area contributed by atoms with E-state index < -0.39 is 10.1 Å². The van der Waals surface area contributed by atoms with Crippen molar-refractivity contribution in [3.63, 3.8) is 0 Å². The van der Waals surface area contributed by atoms with Crippen molar-refractivity contribution in [2.45, 2.75) is 31.3 Å². The fourth-order valence-electron chi connectivity index (χ4n) is 3.51. The SMILES string of the molecule is Cc1ccc(S(=O)(=O)OCC2Cc3cccc(-c4ccc(Cl)cc4C)c3O2)cc1. The Balaban J connectivity index is 1.52. The molecule has 0 bridgehead atoms. The van der Waals surface area contributed by atoms with E-state index in [-0.39, 0.29) is 17.6 Å². The summed E-state index contributed by atoms with van der Waals surface area (Å²) in [4.78, 5) is 0.149. The zero-order valence-electron chi connectivity index (χ0n) is 16.2. The Morgan fingerprint density at radius 1 is 1.03 bits per heavy atom. The molecule has 0 radical (unpaired) electrons. The van der Waals surface area contributed by atoms with Crippen molar-refractivity contribution in [3.05, 3.63) is 82.4 Å². The highest BCUT2D eigenvalue weighted by Gasteiger charge is 2.28. The molecule has 6 heteroatoms. The lowest BCUT2D eigenvalue weighted by Gasteiger charge is -2.14. The maximum atomic E-state index is 12.4. The van der Waals surface area contributed by atoms with Crippen LogP contribution in [0.1, 0.15) is 16.7 Å². The first kappa shape index (κ1) is 20.0. The van der Waals surface area contributed by atoms with E-state index in [0.29, 0.717) is 11.4 Å². The molecule has 3 aromatic carbocycles. The van der Waals surface area contributed by atoms with Crippen LogP contribution in [0.4, 0.5) is 0 Å². The minimum atomic E-state index is -3.82. The molecule has 0 saturated heterocycles. The maximum absolute atomic E-state index is 12.4. The Morgan fingerprint density at radius 2 is 1.79 bits per heavy atom. The highest BCUT2D eigenvalue weighted by atomic mass is 35.5. The summed E-state index contributed by atoms with van der Waals surface area (Å²) in [6.45, 7) is 3.87. The van der Waals surface area contributed by atoms with Gasteiger partial charge >= 0.3 is 0 Å². The first-order valence-corrected chi connectivity index (χ1v) is 11.1. The van der Waals surface area contributed by atoms with E-state index in [4.69, 9.17) is 20.5 Å². The maximum Gasteiger partial charge on any atom is 0.297 e. The first-order valence-electron chi connectivity index (χ1n) is 9.35. The van der Waals surface area contributed by atoms with Gasteiger partial charge in [-0.2, -0.15) is 8.42 Å². The average molecular weight is 429 g/mol. The van der Waals surface area contributed by atoms with Gasteiger partial charge in [-0.25, -0.2) is 0 Å². The molecule has 29 heavy (non-hydrogen) atoms. The summed E-state index contributed by atoms with van der Waals surface area (Å²) >= 11 is 6.08. The van der Waals surface area contributed by atoms with Gasteiger partial charge in [-0.15, -0.1) is 0 Å². The quantitative estimate of drug-likeness (QED) is 0.515. The molecule has 3 aromatic rings. The summed E-state index contributed by atoms with van der Waals surface area (Å²) in [7, 11) is -3.82. The minimum absolute atomic E-state index is 0.0378. The monoisotopic (exact) mass is 428 g/mol. The van der Waals surface area contributed by atoms with Crippen molar-refractivity contribution in [1.29, 1.82) is 0 Å². The van der Waals surface area contributed by atoms with Gasteiger partial charge < -0.3 is 4.74 Å². The smallest absolute Gasteiger partial charge is 0.297 e. The molecule has 0 aliphatic carbocycles. The summed E-state index contributed by atoms with van der Waals surface area (Å²) in [5.41, 5.74) is 5.10. The van der Waals surface area contributed by atoms with Gasteiger partial charge in [-0.1, -0.05) is 53.6 Å². The molecular weight excluding hydrogens is 408 g/mol. The topological polar surface area (TPSA) is 52.6 Å². The third-order valence-corrected chi connectivity index (χ3v) is 6.56. The van der Waals surface area contributed by atoms with Crippen molar-refractivity contribution in [1.82, 2.24) is 0 Å². The molecule has 1 aliphatic heterocycles. The number of hydrogen-bond acceptors (Lipinski definition) is 4. The predicted octanol–water partition coefficient (Wildman–Crippen LogP) is 5.33. The summed E-state index contributed by atoms with van der Waals surface area (Å²) in [5.74, 6) is 0.777. The number of aryl methyl sites for hydroxylation is 2. The second-order valence-electron chi connectivity index (χ2n) is 7.25. The van der Waals surface area contributed by atoms with Crippen molar-refractivity contribution >= 4 is 21.7 Å². The van der Waals surface area contributed by atoms with Crippen LogP contribution in [0.5, 0.6) is 5.75 Å². The molecule has 1 unspecified atom stereocenters. The fourth-order valence-corrected chi connectivity index (χ4v) is 4.67. The van der Waals surface area contributed by atoms with E-state index in [0.717, 1.165) is 33.6 Å². The third kappa shape index (κ3) is 4.17. The summed E-state index contributed by atoms with van der Waals surface area (Å²) in [6, 6.07) is 18.3. The normalized spacial score (nSPS) is 15.8. The third-order valence-electron chi connectivity index (χ3n) is 5.03. The van der Waals surface area contributed by atoms with E-state index in [2.05, 4.69) is 0 Å². The fraction of sp³-hybridized carbons (Fsp3) is 0.217. The number of ether oxygens (including phenoxy) is 1. The zero-order valence-corrected chi connectivity index (χ0v) is 17.8. The van der Waals surface area contributed by atoms with Gasteiger partial charge in [-0.3, -0.25) is 4.18 Å². The molecule has 4 nitrogen and oxygen atoms in total. The molecule has 150 valence electrons. The van der Waals surface area contributed by atoms with Crippen LogP contribution < -0.4 is 4.74 Å². The summed E-state index contributed by atoms with van der Waals surface area (Å²) in [6.07, 6.45) is 0.234. The van der Waals surface area contributed by atoms with Crippen LogP contribution in [0.2, 0.25) is 5.02 Å². The van der Waals surface area contributed by atoms with Gasteiger partial charge in [0.2, 0.25) is 0 Å². The van der Waals surface area contributed by atoms with Gasteiger partial charge in [0.15, 0.2) is 0 Å². The van der Waals surface area contributed by atoms with Crippen LogP contribution in [-0.4, -0.2) is 21.1 Å². The summed E-state index contributed by atoms with van der Waals surface area (Å²) < 4.78 is 36.3. The van der Waals surface area contributed by atoms with Crippen LogP contribution in [0.3, 0.4) is 0 Å². The van der Waals surface area contributed by atoms with Crippen LogP contribution in [0.25, 0.3) is 11.1 Å². The van der Waals surface area contributed by atoms with E-state index in [9.17, 15) is 8.42 Å². The highest BCUT2D eigenvalue weighted by molar-refractivity contribution is 7.86. The first-order chi connectivity index (χ1) is 13.8. The Labute approximate surface area is 176 Å². The molecule has 0 fully saturated rings. The van der Waals surface area contributed by atoms with Gasteiger partial charge in [0.25, 0.3) is 10.1 Å². The van der Waals surface area contributed by atoms with E-state index in [1.807, 2.05) is 50.2 Å². The molecule has 1 heterocycles. The van der Waals surface area contributed by atoms with E-state index >= 15 is 0 Å². The predicted molar refractivity (Wildman–Crippen MR) is 114 cm³/mol. The zero-order chi connectivity index (χ0) is 20.6. The number of rotatable bonds is 5. The second-order valence-corrected chi connectivity index (χ2v) is 9.30. The molecule has 0 spiro atoms. The molecular formula is C23H21ClO4S. The average Bonchev–Trinajstić information content (AvgIpc) is 3.10. The van der Waals surface area contributed by atoms with Crippen LogP contribution in [-0.2, 0) is 20.7 Å². The Morgan fingerprint density at radius 3 is 2.52 bits per heavy atom. The van der Waals surface area contributed by atoms with Gasteiger partial charge in [0, 0.05) is 17.0 Å². The number of para-hydroxylation sites is 1. The molecule has 0 N–H and O–H groups in total. The van der Waals surface area contributed by atoms with E-state index in [1.54, 1.807) is 24.3 Å². The van der Waals surface area contributed by atoms with Crippen molar-refractivity contribution in [3.8, 4) is 16.9 Å². The number of benzene rings is 3. The molecule has 0 saturated carbocycles. The number of hydrogen-bond donors (Lipinski definition) is 0. The van der Waals surface area contributed by atoms with Crippen molar-refractivity contribution in [2.24, 2.45) is 0 Å². The lowest BCUT2D eigenvalue weighted by Crippen LogP contribution is -2.23. The van der Waals surface area contributed by atoms with Crippen LogP contribution >= 0.6 is 11.6 Å². The summed E-state index contributed by atoms with van der Waals surface area (Å²) in [5, 5.41) is 0.687. The second kappa shape index (κ2) is 7.82. The number of fused-ring (bicyclic) bond motifs is 1. The minimum Gasteiger partial charge on any atom is -0.487 e. The number of halogens is 1.